The Bertz CT molecular complexity index is 1220. The molecule has 3 atom stereocenters. The molecule has 2 aromatic carbocycles. The summed E-state index contributed by atoms with van der Waals surface area (Å²) in [6, 6.07) is 6.99. The van der Waals surface area contributed by atoms with Crippen molar-refractivity contribution in [2.24, 2.45) is 5.92 Å². The maximum absolute atomic E-state index is 13.7. The van der Waals surface area contributed by atoms with Crippen molar-refractivity contribution in [3.8, 4) is 0 Å². The number of benzene rings is 2. The van der Waals surface area contributed by atoms with Crippen LogP contribution in [-0.4, -0.2) is 41.9 Å². The molecule has 0 unspecified atom stereocenters. The van der Waals surface area contributed by atoms with E-state index in [1.165, 1.54) is 26.0 Å². The molecule has 0 radical (unpaired) electrons. The Morgan fingerprint density at radius 3 is 2.00 bits per heavy atom. The van der Waals surface area contributed by atoms with Crippen molar-refractivity contribution in [2.75, 3.05) is 13.1 Å². The molecule has 1 heterocycles. The minimum absolute atomic E-state index is 0.0212. The maximum Gasteiger partial charge on any atom is 0.416 e. The Morgan fingerprint density at radius 2 is 1.48 bits per heavy atom. The van der Waals surface area contributed by atoms with Crippen molar-refractivity contribution in [1.82, 2.24) is 10.2 Å². The molecule has 12 heteroatoms. The number of carbonyl (C=O) groups is 2. The summed E-state index contributed by atoms with van der Waals surface area (Å²) < 4.78 is 100. The van der Waals surface area contributed by atoms with Gasteiger partial charge >= 0.3 is 12.4 Å². The topological polar surface area (TPSA) is 58.6 Å². The fraction of sp³-hybridized carbons (Fsp3) is 0.533. The number of rotatable bonds is 6. The van der Waals surface area contributed by atoms with Crippen LogP contribution in [0.3, 0.4) is 0 Å². The molecule has 5 nitrogen and oxygen atoms in total. The second-order valence-corrected chi connectivity index (χ2v) is 11.1. The number of hydrogen-bond donors (Lipinski definition) is 1. The smallest absolute Gasteiger partial charge is 0.370 e. The number of piperidine rings is 1. The van der Waals surface area contributed by atoms with Crippen LogP contribution in [0.2, 0.25) is 0 Å². The molecule has 42 heavy (non-hydrogen) atoms. The molecule has 1 saturated heterocycles. The normalized spacial score (nSPS) is 24.3. The first-order valence-electron chi connectivity index (χ1n) is 13.9. The zero-order valence-electron chi connectivity index (χ0n) is 23.2. The van der Waals surface area contributed by atoms with Crippen LogP contribution in [0, 0.1) is 11.7 Å². The number of hydrogen-bond acceptors (Lipinski definition) is 3. The second kappa shape index (κ2) is 12.6. The molecule has 2 fully saturated rings. The lowest BCUT2D eigenvalue weighted by Crippen LogP contribution is -2.49. The van der Waals surface area contributed by atoms with Gasteiger partial charge in [-0.1, -0.05) is 12.1 Å². The summed E-state index contributed by atoms with van der Waals surface area (Å²) in [5, 5.41) is 2.88. The third-order valence-corrected chi connectivity index (χ3v) is 8.10. The van der Waals surface area contributed by atoms with Crippen LogP contribution in [0.15, 0.2) is 42.5 Å². The monoisotopic (exact) mass is 602 g/mol. The Balaban J connectivity index is 1.53. The van der Waals surface area contributed by atoms with E-state index in [0.717, 1.165) is 0 Å². The number of ether oxygens (including phenoxy) is 1. The van der Waals surface area contributed by atoms with Crippen molar-refractivity contribution in [2.45, 2.75) is 82.5 Å². The Morgan fingerprint density at radius 1 is 0.905 bits per heavy atom. The summed E-state index contributed by atoms with van der Waals surface area (Å²) in [4.78, 5) is 26.5. The number of halogens is 7. The zero-order valence-corrected chi connectivity index (χ0v) is 23.2. The molecule has 1 saturated carbocycles. The van der Waals surface area contributed by atoms with Crippen LogP contribution in [0.25, 0.3) is 0 Å². The number of carbonyl (C=O) groups excluding carboxylic acids is 2. The molecule has 0 spiro atoms. The molecule has 2 amide bonds. The van der Waals surface area contributed by atoms with Gasteiger partial charge in [-0.3, -0.25) is 9.59 Å². The van der Waals surface area contributed by atoms with E-state index >= 15 is 0 Å². The van der Waals surface area contributed by atoms with Crippen molar-refractivity contribution in [3.05, 3.63) is 70.5 Å². The lowest BCUT2D eigenvalue weighted by Gasteiger charge is -2.41. The van der Waals surface area contributed by atoms with Gasteiger partial charge in [0.15, 0.2) is 0 Å². The fourth-order valence-electron chi connectivity index (χ4n) is 5.91. The molecule has 2 aliphatic rings. The minimum Gasteiger partial charge on any atom is -0.370 e. The van der Waals surface area contributed by atoms with Crippen molar-refractivity contribution >= 4 is 11.8 Å². The lowest BCUT2D eigenvalue weighted by atomic mass is 9.83. The van der Waals surface area contributed by atoms with Crippen LogP contribution < -0.4 is 5.32 Å². The van der Waals surface area contributed by atoms with Gasteiger partial charge in [-0.15, -0.1) is 0 Å². The van der Waals surface area contributed by atoms with Gasteiger partial charge in [0, 0.05) is 37.9 Å². The minimum atomic E-state index is -4.99. The number of likely N-dealkylation sites (tertiary alicyclic amines) is 1. The SMILES string of the molecule is CC(=O)N[C@H]1CC[C@H](C(=O)N2CC[C@H](O[C@H](C)c3cc(C(F)(F)F)cc(C(F)(F)F)c3)[C@H](c3ccc(F)cc3)C2)CC1. The van der Waals surface area contributed by atoms with Gasteiger partial charge in [-0.25, -0.2) is 4.39 Å². The van der Waals surface area contributed by atoms with Gasteiger partial charge in [0.25, 0.3) is 0 Å². The molecule has 1 aliphatic carbocycles. The van der Waals surface area contributed by atoms with E-state index in [2.05, 4.69) is 5.32 Å². The quantitative estimate of drug-likeness (QED) is 0.362. The Kier molecular flexibility index (Phi) is 9.54. The summed E-state index contributed by atoms with van der Waals surface area (Å²) in [7, 11) is 0. The largest absolute Gasteiger partial charge is 0.416 e. The number of alkyl halides is 6. The lowest BCUT2D eigenvalue weighted by molar-refractivity contribution is -0.143. The fourth-order valence-corrected chi connectivity index (χ4v) is 5.91. The summed E-state index contributed by atoms with van der Waals surface area (Å²) >= 11 is 0. The summed E-state index contributed by atoms with van der Waals surface area (Å²) in [5.41, 5.74) is -2.48. The predicted molar refractivity (Wildman–Crippen MR) is 140 cm³/mol. The predicted octanol–water partition coefficient (Wildman–Crippen LogP) is 7.02. The third kappa shape index (κ3) is 7.81. The second-order valence-electron chi connectivity index (χ2n) is 11.1. The summed E-state index contributed by atoms with van der Waals surface area (Å²) in [6.07, 6.45) is -8.92. The van der Waals surface area contributed by atoms with Crippen LogP contribution in [0.4, 0.5) is 30.7 Å². The van der Waals surface area contributed by atoms with Gasteiger partial charge in [-0.2, -0.15) is 26.3 Å². The van der Waals surface area contributed by atoms with Crippen LogP contribution in [-0.2, 0) is 26.7 Å². The number of nitrogens with zero attached hydrogens (tertiary/aromatic N) is 1. The third-order valence-electron chi connectivity index (χ3n) is 8.10. The van der Waals surface area contributed by atoms with Gasteiger partial charge < -0.3 is 15.0 Å². The van der Waals surface area contributed by atoms with Crippen LogP contribution in [0.1, 0.15) is 80.2 Å². The molecular weight excluding hydrogens is 569 g/mol. The van der Waals surface area contributed by atoms with Crippen molar-refractivity contribution in [1.29, 1.82) is 0 Å². The number of amides is 2. The molecule has 4 rings (SSSR count). The van der Waals surface area contributed by atoms with Gasteiger partial charge in [0.2, 0.25) is 11.8 Å². The van der Waals surface area contributed by atoms with E-state index in [1.54, 1.807) is 17.0 Å². The van der Waals surface area contributed by atoms with E-state index in [-0.39, 0.29) is 54.9 Å². The molecular formula is C30H33F7N2O3. The summed E-state index contributed by atoms with van der Waals surface area (Å²) in [5.74, 6) is -1.38. The summed E-state index contributed by atoms with van der Waals surface area (Å²) in [6.45, 7) is 3.32. The zero-order chi connectivity index (χ0) is 30.8. The Labute approximate surface area is 239 Å². The van der Waals surface area contributed by atoms with Crippen LogP contribution >= 0.6 is 0 Å². The van der Waals surface area contributed by atoms with Crippen LogP contribution in [0.5, 0.6) is 0 Å². The molecule has 1 aliphatic heterocycles. The highest BCUT2D eigenvalue weighted by atomic mass is 19.4. The molecule has 0 aromatic heterocycles. The van der Waals surface area contributed by atoms with Gasteiger partial charge in [-0.05, 0) is 80.5 Å². The molecule has 0 bridgehead atoms. The van der Waals surface area contributed by atoms with E-state index in [0.29, 0.717) is 43.4 Å². The first-order valence-corrected chi connectivity index (χ1v) is 13.9. The standard InChI is InChI=1S/C30H33F7N2O3/c1-17(21-13-22(29(32,33)34)15-23(14-21)30(35,36)37)42-27-11-12-39(16-26(27)19-3-7-24(31)8-4-19)28(41)20-5-9-25(10-6-20)38-18(2)40/h3-4,7-8,13-15,17,20,25-27H,5-6,9-12,16H2,1-2H3,(H,38,40)/t17-,20-,25-,26+,27+/m1/s1. The van der Waals surface area contributed by atoms with E-state index in [4.69, 9.17) is 4.74 Å². The highest BCUT2D eigenvalue weighted by Crippen LogP contribution is 2.40. The molecule has 230 valence electrons. The average molecular weight is 603 g/mol. The highest BCUT2D eigenvalue weighted by molar-refractivity contribution is 5.79. The van der Waals surface area contributed by atoms with E-state index in [9.17, 15) is 40.3 Å². The van der Waals surface area contributed by atoms with Crippen molar-refractivity contribution in [3.63, 3.8) is 0 Å². The molecule has 1 N–H and O–H groups in total. The molecule has 2 aromatic rings. The van der Waals surface area contributed by atoms with Crippen molar-refractivity contribution < 1.29 is 45.1 Å². The Hall–Kier alpha value is -3.15. The number of nitrogens with one attached hydrogen (secondary N) is 1. The van der Waals surface area contributed by atoms with E-state index < -0.39 is 47.4 Å². The first kappa shape index (κ1) is 31.8. The van der Waals surface area contributed by atoms with E-state index in [1.807, 2.05) is 0 Å². The van der Waals surface area contributed by atoms with Gasteiger partial charge in [0.05, 0.1) is 23.3 Å². The first-order chi connectivity index (χ1) is 19.6. The maximum atomic E-state index is 13.7. The average Bonchev–Trinajstić information content (AvgIpc) is 2.92. The highest BCUT2D eigenvalue weighted by Gasteiger charge is 2.40. The van der Waals surface area contributed by atoms with Gasteiger partial charge in [0.1, 0.15) is 5.82 Å².